The second kappa shape index (κ2) is 11.3. The fourth-order valence-electron chi connectivity index (χ4n) is 4.93. The van der Waals surface area contributed by atoms with Crippen LogP contribution in [-0.2, 0) is 17.6 Å². The monoisotopic (exact) mass is 525 g/mol. The summed E-state index contributed by atoms with van der Waals surface area (Å²) >= 11 is 0. The Hall–Kier alpha value is -5.16. The van der Waals surface area contributed by atoms with Crippen molar-refractivity contribution < 1.29 is 19.1 Å². The lowest BCUT2D eigenvalue weighted by Gasteiger charge is -2.15. The maximum atomic E-state index is 11.8. The average Bonchev–Trinajstić information content (AvgIpc) is 3.36. The summed E-state index contributed by atoms with van der Waals surface area (Å²) in [6, 6.07) is 39.7. The molecule has 0 saturated carbocycles. The second-order valence-electron chi connectivity index (χ2n) is 9.65. The van der Waals surface area contributed by atoms with E-state index in [1.165, 1.54) is 5.56 Å². The highest BCUT2D eigenvalue weighted by Crippen LogP contribution is 2.36. The molecule has 4 aromatic carbocycles. The van der Waals surface area contributed by atoms with Crippen LogP contribution < -0.4 is 4.74 Å². The van der Waals surface area contributed by atoms with Crippen LogP contribution in [0.2, 0.25) is 0 Å². The van der Waals surface area contributed by atoms with Crippen molar-refractivity contribution in [2.24, 2.45) is 0 Å². The fourth-order valence-corrected chi connectivity index (χ4v) is 4.93. The van der Waals surface area contributed by atoms with E-state index in [1.807, 2.05) is 84.9 Å². The van der Waals surface area contributed by atoms with E-state index < -0.39 is 12.1 Å². The van der Waals surface area contributed by atoms with Crippen molar-refractivity contribution in [3.63, 3.8) is 0 Å². The number of furan rings is 1. The molecule has 0 amide bonds. The lowest BCUT2D eigenvalue weighted by molar-refractivity contribution is -0.145. The molecule has 0 fully saturated rings. The van der Waals surface area contributed by atoms with Gasteiger partial charge in [-0.05, 0) is 52.1 Å². The van der Waals surface area contributed by atoms with Crippen molar-refractivity contribution >= 4 is 17.1 Å². The summed E-state index contributed by atoms with van der Waals surface area (Å²) in [7, 11) is 0. The first-order chi connectivity index (χ1) is 19.6. The quantitative estimate of drug-likeness (QED) is 0.208. The summed E-state index contributed by atoms with van der Waals surface area (Å²) in [6.07, 6.45) is 1.76. The summed E-state index contributed by atoms with van der Waals surface area (Å²) in [6.45, 7) is 0. The zero-order chi connectivity index (χ0) is 27.3. The predicted molar refractivity (Wildman–Crippen MR) is 156 cm³/mol. The molecule has 2 aromatic heterocycles. The van der Waals surface area contributed by atoms with E-state index in [0.717, 1.165) is 39.0 Å². The number of carbonyl (C=O) groups is 1. The van der Waals surface area contributed by atoms with Crippen LogP contribution in [0.25, 0.3) is 33.4 Å². The number of carboxylic acids is 1. The molecule has 0 spiro atoms. The summed E-state index contributed by atoms with van der Waals surface area (Å²) < 4.78 is 12.0. The number of pyridine rings is 1. The first kappa shape index (κ1) is 25.1. The molecule has 0 radical (unpaired) electrons. The summed E-state index contributed by atoms with van der Waals surface area (Å²) in [5.41, 5.74) is 6.90. The van der Waals surface area contributed by atoms with Crippen molar-refractivity contribution in [3.8, 4) is 28.0 Å². The number of aliphatic carboxylic acids is 1. The third kappa shape index (κ3) is 5.49. The molecule has 5 heteroatoms. The topological polar surface area (TPSA) is 72.6 Å². The van der Waals surface area contributed by atoms with Crippen molar-refractivity contribution in [3.05, 3.63) is 144 Å². The number of fused-ring (bicyclic) bond motifs is 1. The van der Waals surface area contributed by atoms with Crippen LogP contribution in [0.3, 0.4) is 0 Å². The van der Waals surface area contributed by atoms with Crippen LogP contribution >= 0.6 is 0 Å². The Labute approximate surface area is 232 Å². The van der Waals surface area contributed by atoms with Crippen LogP contribution in [0.15, 0.2) is 132 Å². The maximum Gasteiger partial charge on any atom is 0.345 e. The molecular formula is C35H27NO4. The van der Waals surface area contributed by atoms with Gasteiger partial charge in [-0.25, -0.2) is 9.78 Å². The SMILES string of the molecule is O=C(O)[C@H](Cc1ccccc1)Oc1ccc(-c2ccc(-c3c(Cc4ccccc4)oc4ncccc34)cc2)cc1. The van der Waals surface area contributed by atoms with Crippen LogP contribution in [0.5, 0.6) is 5.75 Å². The lowest BCUT2D eigenvalue weighted by Crippen LogP contribution is -2.29. The Morgan fingerprint density at radius 3 is 1.98 bits per heavy atom. The van der Waals surface area contributed by atoms with Gasteiger partial charge in [0.25, 0.3) is 0 Å². The maximum absolute atomic E-state index is 11.8. The normalized spacial score (nSPS) is 11.8. The van der Waals surface area contributed by atoms with Gasteiger partial charge in [0.1, 0.15) is 11.5 Å². The first-order valence-electron chi connectivity index (χ1n) is 13.2. The molecule has 0 aliphatic carbocycles. The molecule has 2 heterocycles. The van der Waals surface area contributed by atoms with E-state index >= 15 is 0 Å². The third-order valence-corrected chi connectivity index (χ3v) is 6.93. The van der Waals surface area contributed by atoms with Gasteiger partial charge in [0.05, 0.1) is 0 Å². The zero-order valence-electron chi connectivity index (χ0n) is 21.7. The number of rotatable bonds is 9. The molecule has 0 aliphatic rings. The van der Waals surface area contributed by atoms with Gasteiger partial charge in [0, 0.05) is 30.0 Å². The number of benzene rings is 4. The van der Waals surface area contributed by atoms with Crippen LogP contribution in [0.1, 0.15) is 16.9 Å². The van der Waals surface area contributed by atoms with Gasteiger partial charge < -0.3 is 14.3 Å². The smallest absolute Gasteiger partial charge is 0.345 e. The van der Waals surface area contributed by atoms with Gasteiger partial charge >= 0.3 is 5.97 Å². The highest BCUT2D eigenvalue weighted by molar-refractivity contribution is 5.94. The molecule has 0 bridgehead atoms. The van der Waals surface area contributed by atoms with Crippen LogP contribution in [0, 0.1) is 0 Å². The minimum atomic E-state index is -0.989. The van der Waals surface area contributed by atoms with Crippen molar-refractivity contribution in [1.82, 2.24) is 4.98 Å². The van der Waals surface area contributed by atoms with E-state index in [4.69, 9.17) is 9.15 Å². The van der Waals surface area contributed by atoms with E-state index in [-0.39, 0.29) is 0 Å². The van der Waals surface area contributed by atoms with E-state index in [0.29, 0.717) is 24.3 Å². The number of ether oxygens (including phenoxy) is 1. The molecule has 6 aromatic rings. The number of hydrogen-bond donors (Lipinski definition) is 1. The fraction of sp³-hybridized carbons (Fsp3) is 0.0857. The second-order valence-corrected chi connectivity index (χ2v) is 9.65. The van der Waals surface area contributed by atoms with E-state index in [1.54, 1.807) is 6.20 Å². The number of hydrogen-bond acceptors (Lipinski definition) is 4. The van der Waals surface area contributed by atoms with Crippen molar-refractivity contribution in [1.29, 1.82) is 0 Å². The van der Waals surface area contributed by atoms with Gasteiger partial charge in [-0.1, -0.05) is 97.1 Å². The van der Waals surface area contributed by atoms with E-state index in [9.17, 15) is 9.90 Å². The molecule has 0 unspecified atom stereocenters. The van der Waals surface area contributed by atoms with Gasteiger partial charge in [0.15, 0.2) is 6.10 Å². The molecule has 6 rings (SSSR count). The Bertz CT molecular complexity index is 1720. The highest BCUT2D eigenvalue weighted by atomic mass is 16.5. The molecule has 40 heavy (non-hydrogen) atoms. The predicted octanol–water partition coefficient (Wildman–Crippen LogP) is 7.83. The zero-order valence-corrected chi connectivity index (χ0v) is 21.7. The highest BCUT2D eigenvalue weighted by Gasteiger charge is 2.20. The van der Waals surface area contributed by atoms with Crippen molar-refractivity contribution in [2.45, 2.75) is 18.9 Å². The van der Waals surface area contributed by atoms with Gasteiger partial charge in [0.2, 0.25) is 5.71 Å². The van der Waals surface area contributed by atoms with Crippen LogP contribution in [-0.4, -0.2) is 22.2 Å². The summed E-state index contributed by atoms with van der Waals surface area (Å²) in [5, 5.41) is 10.7. The van der Waals surface area contributed by atoms with Gasteiger partial charge in [-0.2, -0.15) is 0 Å². The minimum absolute atomic E-state index is 0.295. The van der Waals surface area contributed by atoms with Gasteiger partial charge in [-0.3, -0.25) is 0 Å². The average molecular weight is 526 g/mol. The third-order valence-electron chi connectivity index (χ3n) is 6.93. The first-order valence-corrected chi connectivity index (χ1v) is 13.2. The largest absolute Gasteiger partial charge is 0.478 e. The Morgan fingerprint density at radius 2 is 1.32 bits per heavy atom. The lowest BCUT2D eigenvalue weighted by atomic mass is 9.97. The number of carboxylic acid groups (broad SMARTS) is 1. The number of nitrogens with zero attached hydrogens (tertiary/aromatic N) is 1. The Morgan fingerprint density at radius 1 is 0.725 bits per heavy atom. The molecule has 196 valence electrons. The van der Waals surface area contributed by atoms with Crippen molar-refractivity contribution in [2.75, 3.05) is 0 Å². The summed E-state index contributed by atoms with van der Waals surface area (Å²) in [4.78, 5) is 16.2. The summed E-state index contributed by atoms with van der Waals surface area (Å²) in [5.74, 6) is 0.418. The Balaban J connectivity index is 1.23. The molecule has 0 aliphatic heterocycles. The standard InChI is InChI=1S/C35H27NO4/c37-35(38)32(23-25-10-5-2-6-11-25)39-29-19-17-27(18-20-29)26-13-15-28(16-14-26)33-30-12-7-21-36-34(30)40-31(33)22-24-8-3-1-4-9-24/h1-21,32H,22-23H2,(H,37,38)/t32-/m0/s1. The Kier molecular flexibility index (Phi) is 7.10. The number of aromatic nitrogens is 1. The minimum Gasteiger partial charge on any atom is -0.478 e. The van der Waals surface area contributed by atoms with E-state index in [2.05, 4.69) is 41.4 Å². The van der Waals surface area contributed by atoms with Crippen LogP contribution in [0.4, 0.5) is 0 Å². The molecule has 1 atom stereocenters. The molecule has 0 saturated heterocycles. The molecular weight excluding hydrogens is 498 g/mol. The van der Waals surface area contributed by atoms with Gasteiger partial charge in [-0.15, -0.1) is 0 Å². The molecule has 5 nitrogen and oxygen atoms in total. The molecule has 1 N–H and O–H groups in total.